The third kappa shape index (κ3) is 5.95. The third-order valence-electron chi connectivity index (χ3n) is 8.70. The first-order chi connectivity index (χ1) is 17.1. The van der Waals surface area contributed by atoms with Gasteiger partial charge in [-0.3, -0.25) is 4.90 Å². The molecular weight excluding hydrogens is 446 g/mol. The molecule has 1 aromatic carbocycles. The topological polar surface area (TPSA) is 66.5 Å². The molecule has 1 atom stereocenters. The molecule has 0 N–H and O–H groups in total. The Balaban J connectivity index is 1.17. The maximum atomic E-state index is 13.0. The van der Waals surface area contributed by atoms with Gasteiger partial charge in [0, 0.05) is 26.2 Å². The highest BCUT2D eigenvalue weighted by atomic mass is 16.6. The summed E-state index contributed by atoms with van der Waals surface area (Å²) in [7, 11) is 3.14. The summed E-state index contributed by atoms with van der Waals surface area (Å²) in [5, 5.41) is 0. The van der Waals surface area contributed by atoms with Gasteiger partial charge in [0.15, 0.2) is 11.5 Å². The third-order valence-corrected chi connectivity index (χ3v) is 8.70. The standard InChI is InChI=1S/C28H41NO6/c1-31-25-4-3-23(14-26(25)32-2)27(30)35-24(18-29-6-9-33-10-7-29)19-34-8-5-28-15-20-11-21(16-28)13-22(12-20)17-28/h3-4,14,20-22,24H,5-13,15-19H2,1-2H3/t20?,21?,22?,24-,28?/m0/s1. The van der Waals surface area contributed by atoms with Gasteiger partial charge in [-0.2, -0.15) is 0 Å². The molecule has 1 heterocycles. The molecule has 0 aromatic heterocycles. The summed E-state index contributed by atoms with van der Waals surface area (Å²) in [6.07, 6.45) is 9.40. The second-order valence-electron chi connectivity index (χ2n) is 11.3. The molecule has 4 aliphatic carbocycles. The molecule has 1 aromatic rings. The average Bonchev–Trinajstić information content (AvgIpc) is 2.86. The predicted octanol–water partition coefficient (Wildman–Crippen LogP) is 4.18. The molecule has 1 aliphatic heterocycles. The lowest BCUT2D eigenvalue weighted by Gasteiger charge is -2.57. The van der Waals surface area contributed by atoms with Crippen LogP contribution in [0.25, 0.3) is 0 Å². The van der Waals surface area contributed by atoms with Crippen molar-refractivity contribution in [3.63, 3.8) is 0 Å². The average molecular weight is 488 g/mol. The van der Waals surface area contributed by atoms with Crippen molar-refractivity contribution in [1.82, 2.24) is 4.90 Å². The van der Waals surface area contributed by atoms with Crippen LogP contribution >= 0.6 is 0 Å². The van der Waals surface area contributed by atoms with Crippen molar-refractivity contribution in [2.45, 2.75) is 51.0 Å². The zero-order valence-corrected chi connectivity index (χ0v) is 21.3. The number of ether oxygens (including phenoxy) is 5. The summed E-state index contributed by atoms with van der Waals surface area (Å²) in [4.78, 5) is 15.3. The van der Waals surface area contributed by atoms with Gasteiger partial charge in [-0.1, -0.05) is 0 Å². The van der Waals surface area contributed by atoms with Crippen LogP contribution in [0.15, 0.2) is 18.2 Å². The maximum Gasteiger partial charge on any atom is 0.338 e. The number of benzene rings is 1. The fourth-order valence-corrected chi connectivity index (χ4v) is 7.48. The highest BCUT2D eigenvalue weighted by molar-refractivity contribution is 5.90. The van der Waals surface area contributed by atoms with Gasteiger partial charge < -0.3 is 23.7 Å². The minimum Gasteiger partial charge on any atom is -0.493 e. The van der Waals surface area contributed by atoms with E-state index in [-0.39, 0.29) is 12.1 Å². The Morgan fingerprint density at radius 1 is 1.03 bits per heavy atom. The first kappa shape index (κ1) is 24.8. The number of esters is 1. The van der Waals surface area contributed by atoms with Crippen LogP contribution in [0.3, 0.4) is 0 Å². The van der Waals surface area contributed by atoms with E-state index in [9.17, 15) is 4.79 Å². The fourth-order valence-electron chi connectivity index (χ4n) is 7.48. The van der Waals surface area contributed by atoms with E-state index in [1.807, 2.05) is 0 Å². The van der Waals surface area contributed by atoms with Gasteiger partial charge in [0.05, 0.1) is 39.6 Å². The van der Waals surface area contributed by atoms with Crippen molar-refractivity contribution in [3.8, 4) is 11.5 Å². The van der Waals surface area contributed by atoms with E-state index in [1.54, 1.807) is 32.4 Å². The van der Waals surface area contributed by atoms with Crippen LogP contribution in [0.4, 0.5) is 0 Å². The zero-order chi connectivity index (χ0) is 24.3. The molecule has 35 heavy (non-hydrogen) atoms. The smallest absolute Gasteiger partial charge is 0.338 e. The fraction of sp³-hybridized carbons (Fsp3) is 0.750. The van der Waals surface area contributed by atoms with Gasteiger partial charge in [0.2, 0.25) is 0 Å². The van der Waals surface area contributed by atoms with Crippen LogP contribution in [0.2, 0.25) is 0 Å². The number of nitrogens with zero attached hydrogens (tertiary/aromatic N) is 1. The Bertz CT molecular complexity index is 832. The second-order valence-corrected chi connectivity index (χ2v) is 11.3. The van der Waals surface area contributed by atoms with E-state index in [2.05, 4.69) is 4.90 Å². The molecule has 194 valence electrons. The summed E-state index contributed by atoms with van der Waals surface area (Å²) in [5.41, 5.74) is 0.952. The van der Waals surface area contributed by atoms with E-state index in [0.717, 1.165) is 43.9 Å². The van der Waals surface area contributed by atoms with Crippen LogP contribution in [0.1, 0.15) is 55.3 Å². The van der Waals surface area contributed by atoms with Crippen LogP contribution in [0, 0.1) is 23.2 Å². The largest absolute Gasteiger partial charge is 0.493 e. The highest BCUT2D eigenvalue weighted by Crippen LogP contribution is 2.61. The molecule has 0 spiro atoms. The second kappa shape index (κ2) is 11.1. The van der Waals surface area contributed by atoms with Gasteiger partial charge in [-0.25, -0.2) is 4.79 Å². The molecule has 6 rings (SSSR count). The Labute approximate surface area is 209 Å². The quantitative estimate of drug-likeness (QED) is 0.343. The van der Waals surface area contributed by atoms with Crippen LogP contribution < -0.4 is 9.47 Å². The highest BCUT2D eigenvalue weighted by Gasteiger charge is 2.50. The summed E-state index contributed by atoms with van der Waals surface area (Å²) < 4.78 is 28.3. The van der Waals surface area contributed by atoms with Crippen molar-refractivity contribution >= 4 is 5.97 Å². The van der Waals surface area contributed by atoms with Crippen molar-refractivity contribution in [2.75, 3.05) is 60.3 Å². The molecule has 0 unspecified atom stereocenters. The first-order valence-corrected chi connectivity index (χ1v) is 13.4. The number of hydrogen-bond donors (Lipinski definition) is 0. The number of hydrogen-bond acceptors (Lipinski definition) is 7. The summed E-state index contributed by atoms with van der Waals surface area (Å²) in [6, 6.07) is 5.11. The van der Waals surface area contributed by atoms with Crippen LogP contribution in [-0.2, 0) is 14.2 Å². The number of morpholine rings is 1. The molecule has 5 fully saturated rings. The van der Waals surface area contributed by atoms with Crippen LogP contribution in [0.5, 0.6) is 11.5 Å². The predicted molar refractivity (Wildman–Crippen MR) is 132 cm³/mol. The van der Waals surface area contributed by atoms with Crippen molar-refractivity contribution in [1.29, 1.82) is 0 Å². The first-order valence-electron chi connectivity index (χ1n) is 13.4. The molecule has 7 nitrogen and oxygen atoms in total. The van der Waals surface area contributed by atoms with Crippen molar-refractivity contribution in [2.24, 2.45) is 23.2 Å². The minimum atomic E-state index is -0.367. The van der Waals surface area contributed by atoms with Gasteiger partial charge >= 0.3 is 5.97 Å². The van der Waals surface area contributed by atoms with Gasteiger partial charge in [0.1, 0.15) is 6.10 Å². The number of methoxy groups -OCH3 is 2. The SMILES string of the molecule is COc1ccc(C(=O)O[C@H](COCCC23CC4CC(CC(C4)C2)C3)CN2CCOCC2)cc1OC. The molecular formula is C28H41NO6. The molecule has 0 radical (unpaired) electrons. The molecule has 4 bridgehead atoms. The van der Waals surface area contributed by atoms with Crippen molar-refractivity contribution < 1.29 is 28.5 Å². The van der Waals surface area contributed by atoms with Gasteiger partial charge in [-0.15, -0.1) is 0 Å². The van der Waals surface area contributed by atoms with E-state index in [0.29, 0.717) is 48.8 Å². The molecule has 4 saturated carbocycles. The van der Waals surface area contributed by atoms with Crippen LogP contribution in [-0.4, -0.2) is 77.3 Å². The minimum absolute atomic E-state index is 0.329. The van der Waals surface area contributed by atoms with Crippen molar-refractivity contribution in [3.05, 3.63) is 23.8 Å². The Morgan fingerprint density at radius 3 is 2.31 bits per heavy atom. The van der Waals surface area contributed by atoms with E-state index in [4.69, 9.17) is 23.7 Å². The van der Waals surface area contributed by atoms with Gasteiger partial charge in [0.25, 0.3) is 0 Å². The number of carbonyl (C=O) groups is 1. The van der Waals surface area contributed by atoms with Gasteiger partial charge in [-0.05, 0) is 86.3 Å². The lowest BCUT2D eigenvalue weighted by atomic mass is 9.49. The van der Waals surface area contributed by atoms with E-state index >= 15 is 0 Å². The Kier molecular flexibility index (Phi) is 7.85. The normalized spacial score (nSPS) is 30.7. The maximum absolute atomic E-state index is 13.0. The lowest BCUT2D eigenvalue weighted by molar-refractivity contribution is -0.0768. The monoisotopic (exact) mass is 487 g/mol. The molecule has 0 amide bonds. The summed E-state index contributed by atoms with van der Waals surface area (Å²) in [5.74, 6) is 3.60. The zero-order valence-electron chi connectivity index (χ0n) is 21.3. The molecule has 5 aliphatic rings. The van der Waals surface area contributed by atoms with E-state index in [1.165, 1.54) is 38.5 Å². The number of rotatable bonds is 11. The lowest BCUT2D eigenvalue weighted by Crippen LogP contribution is -2.46. The number of carbonyl (C=O) groups excluding carboxylic acids is 1. The van der Waals surface area contributed by atoms with E-state index < -0.39 is 0 Å². The Hall–Kier alpha value is -1.83. The summed E-state index contributed by atoms with van der Waals surface area (Å²) >= 11 is 0. The summed E-state index contributed by atoms with van der Waals surface area (Å²) in [6.45, 7) is 4.93. The molecule has 1 saturated heterocycles. The Morgan fingerprint density at radius 2 is 1.69 bits per heavy atom. The molecule has 7 heteroatoms.